The normalized spacial score (nSPS) is 29.6. The molecule has 1 unspecified atom stereocenters. The van der Waals surface area contributed by atoms with Gasteiger partial charge in [0.15, 0.2) is 0 Å². The Hall–Kier alpha value is -0.650. The molecular formula is C15H27N3O2. The fraction of sp³-hybridized carbons (Fsp3) is 0.933. The fourth-order valence-electron chi connectivity index (χ4n) is 3.63. The van der Waals surface area contributed by atoms with Gasteiger partial charge in [0, 0.05) is 59.0 Å². The van der Waals surface area contributed by atoms with Gasteiger partial charge in [-0.25, -0.2) is 0 Å². The minimum absolute atomic E-state index is 0.0612. The third-order valence-corrected chi connectivity index (χ3v) is 5.21. The monoisotopic (exact) mass is 281 g/mol. The Morgan fingerprint density at radius 1 is 1.30 bits per heavy atom. The van der Waals surface area contributed by atoms with Crippen molar-refractivity contribution in [3.63, 3.8) is 0 Å². The maximum Gasteiger partial charge on any atom is 0.228 e. The summed E-state index contributed by atoms with van der Waals surface area (Å²) in [6.07, 6.45) is 4.16. The van der Waals surface area contributed by atoms with E-state index in [2.05, 4.69) is 15.1 Å². The molecule has 2 aliphatic heterocycles. The minimum Gasteiger partial charge on any atom is -0.385 e. The average molecular weight is 281 g/mol. The van der Waals surface area contributed by atoms with E-state index in [-0.39, 0.29) is 5.41 Å². The van der Waals surface area contributed by atoms with E-state index in [1.807, 2.05) is 0 Å². The van der Waals surface area contributed by atoms with E-state index in [1.54, 1.807) is 7.11 Å². The van der Waals surface area contributed by atoms with Gasteiger partial charge in [-0.3, -0.25) is 9.69 Å². The van der Waals surface area contributed by atoms with Gasteiger partial charge in [0.1, 0.15) is 0 Å². The van der Waals surface area contributed by atoms with E-state index in [0.717, 1.165) is 65.0 Å². The summed E-state index contributed by atoms with van der Waals surface area (Å²) >= 11 is 0. The standard InChI is InChI=1S/C15H27N3O2/c1-20-11-5-15(3-4-15)14(19)18-8-2-13(12-18)17-9-6-16-7-10-17/h13,16H,2-12H2,1H3. The maximum absolute atomic E-state index is 12.7. The van der Waals surface area contributed by atoms with Crippen molar-refractivity contribution in [2.75, 3.05) is 53.0 Å². The number of hydrogen-bond donors (Lipinski definition) is 1. The second-order valence-electron chi connectivity index (χ2n) is 6.50. The Balaban J connectivity index is 1.53. The second kappa shape index (κ2) is 6.00. The number of rotatable bonds is 5. The first kappa shape index (κ1) is 14.3. The fourth-order valence-corrected chi connectivity index (χ4v) is 3.63. The molecule has 3 rings (SSSR count). The van der Waals surface area contributed by atoms with E-state index >= 15 is 0 Å². The van der Waals surface area contributed by atoms with Gasteiger partial charge in [-0.15, -0.1) is 0 Å². The van der Waals surface area contributed by atoms with Crippen LogP contribution in [-0.4, -0.2) is 74.7 Å². The summed E-state index contributed by atoms with van der Waals surface area (Å²) in [4.78, 5) is 17.4. The molecule has 2 heterocycles. The first-order valence-corrected chi connectivity index (χ1v) is 7.98. The van der Waals surface area contributed by atoms with E-state index in [9.17, 15) is 4.79 Å². The number of hydrogen-bond acceptors (Lipinski definition) is 4. The molecule has 0 radical (unpaired) electrons. The molecular weight excluding hydrogens is 254 g/mol. The topological polar surface area (TPSA) is 44.8 Å². The molecule has 0 spiro atoms. The van der Waals surface area contributed by atoms with Crippen molar-refractivity contribution in [1.29, 1.82) is 0 Å². The Kier molecular flexibility index (Phi) is 4.29. The molecule has 1 atom stereocenters. The molecule has 2 saturated heterocycles. The molecule has 1 saturated carbocycles. The smallest absolute Gasteiger partial charge is 0.228 e. The number of carbonyl (C=O) groups excluding carboxylic acids is 1. The SMILES string of the molecule is COCCC1(C(=O)N2CCC(N3CCNCC3)C2)CC1. The average Bonchev–Trinajstić information content (AvgIpc) is 3.13. The van der Waals surface area contributed by atoms with Crippen LogP contribution in [0.25, 0.3) is 0 Å². The van der Waals surface area contributed by atoms with Gasteiger partial charge in [-0.05, 0) is 25.7 Å². The largest absolute Gasteiger partial charge is 0.385 e. The molecule has 5 heteroatoms. The Bertz CT molecular complexity index is 351. The first-order chi connectivity index (χ1) is 9.75. The number of ether oxygens (including phenoxy) is 1. The van der Waals surface area contributed by atoms with Crippen LogP contribution in [0.15, 0.2) is 0 Å². The summed E-state index contributed by atoms with van der Waals surface area (Å²) in [6, 6.07) is 0.583. The first-order valence-electron chi connectivity index (χ1n) is 7.98. The summed E-state index contributed by atoms with van der Waals surface area (Å²) in [7, 11) is 1.72. The van der Waals surface area contributed by atoms with Crippen molar-refractivity contribution in [3.05, 3.63) is 0 Å². The predicted octanol–water partition coefficient (Wildman–Crippen LogP) is 0.309. The van der Waals surface area contributed by atoms with Crippen molar-refractivity contribution in [2.24, 2.45) is 5.41 Å². The molecule has 114 valence electrons. The summed E-state index contributed by atoms with van der Waals surface area (Å²) in [5, 5.41) is 3.39. The molecule has 1 aliphatic carbocycles. The molecule has 0 bridgehead atoms. The van der Waals surface area contributed by atoms with Crippen LogP contribution in [0.1, 0.15) is 25.7 Å². The van der Waals surface area contributed by atoms with Crippen LogP contribution in [0.5, 0.6) is 0 Å². The zero-order valence-electron chi connectivity index (χ0n) is 12.6. The molecule has 5 nitrogen and oxygen atoms in total. The third-order valence-electron chi connectivity index (χ3n) is 5.21. The van der Waals surface area contributed by atoms with Crippen LogP contribution in [0, 0.1) is 5.41 Å². The number of likely N-dealkylation sites (tertiary alicyclic amines) is 1. The Labute approximate surface area is 121 Å². The van der Waals surface area contributed by atoms with Gasteiger partial charge in [0.2, 0.25) is 5.91 Å². The summed E-state index contributed by atoms with van der Waals surface area (Å²) in [6.45, 7) is 7.02. The number of amides is 1. The zero-order valence-corrected chi connectivity index (χ0v) is 12.6. The Morgan fingerprint density at radius 2 is 2.05 bits per heavy atom. The highest BCUT2D eigenvalue weighted by atomic mass is 16.5. The van der Waals surface area contributed by atoms with Gasteiger partial charge in [0.25, 0.3) is 0 Å². The van der Waals surface area contributed by atoms with Crippen molar-refractivity contribution in [1.82, 2.24) is 15.1 Å². The number of piperazine rings is 1. The molecule has 3 fully saturated rings. The lowest BCUT2D eigenvalue weighted by molar-refractivity contribution is -0.136. The predicted molar refractivity (Wildman–Crippen MR) is 77.6 cm³/mol. The summed E-state index contributed by atoms with van der Waals surface area (Å²) in [5.74, 6) is 0.396. The molecule has 1 N–H and O–H groups in total. The maximum atomic E-state index is 12.7. The number of nitrogens with one attached hydrogen (secondary N) is 1. The Morgan fingerprint density at radius 3 is 2.70 bits per heavy atom. The van der Waals surface area contributed by atoms with E-state index in [0.29, 0.717) is 18.6 Å². The van der Waals surface area contributed by atoms with Gasteiger partial charge in [-0.1, -0.05) is 0 Å². The quantitative estimate of drug-likeness (QED) is 0.788. The van der Waals surface area contributed by atoms with Crippen LogP contribution < -0.4 is 5.32 Å². The molecule has 1 amide bonds. The lowest BCUT2D eigenvalue weighted by Gasteiger charge is -2.33. The van der Waals surface area contributed by atoms with Crippen molar-refractivity contribution >= 4 is 5.91 Å². The molecule has 0 aromatic rings. The van der Waals surface area contributed by atoms with Crippen molar-refractivity contribution in [3.8, 4) is 0 Å². The number of nitrogens with zero attached hydrogens (tertiary/aromatic N) is 2. The minimum atomic E-state index is -0.0612. The van der Waals surface area contributed by atoms with Crippen LogP contribution in [0.2, 0.25) is 0 Å². The highest BCUT2D eigenvalue weighted by molar-refractivity contribution is 5.85. The molecule has 0 aromatic carbocycles. The van der Waals surface area contributed by atoms with Gasteiger partial charge in [-0.2, -0.15) is 0 Å². The van der Waals surface area contributed by atoms with Gasteiger partial charge >= 0.3 is 0 Å². The zero-order chi connectivity index (χ0) is 14.0. The van der Waals surface area contributed by atoms with Gasteiger partial charge in [0.05, 0.1) is 5.41 Å². The highest BCUT2D eigenvalue weighted by Gasteiger charge is 2.52. The molecule has 3 aliphatic rings. The highest BCUT2D eigenvalue weighted by Crippen LogP contribution is 2.50. The second-order valence-corrected chi connectivity index (χ2v) is 6.50. The number of carbonyl (C=O) groups is 1. The third kappa shape index (κ3) is 2.85. The number of methoxy groups -OCH3 is 1. The van der Waals surface area contributed by atoms with Crippen LogP contribution in [0.3, 0.4) is 0 Å². The molecule has 20 heavy (non-hydrogen) atoms. The van der Waals surface area contributed by atoms with Crippen molar-refractivity contribution in [2.45, 2.75) is 31.7 Å². The lowest BCUT2D eigenvalue weighted by atomic mass is 10.0. The summed E-state index contributed by atoms with van der Waals surface area (Å²) in [5.41, 5.74) is -0.0612. The van der Waals surface area contributed by atoms with Crippen LogP contribution >= 0.6 is 0 Å². The van der Waals surface area contributed by atoms with Crippen LogP contribution in [-0.2, 0) is 9.53 Å². The summed E-state index contributed by atoms with van der Waals surface area (Å²) < 4.78 is 5.16. The van der Waals surface area contributed by atoms with E-state index in [1.165, 1.54) is 0 Å². The van der Waals surface area contributed by atoms with Crippen molar-refractivity contribution < 1.29 is 9.53 Å². The lowest BCUT2D eigenvalue weighted by Crippen LogP contribution is -2.49. The van der Waals surface area contributed by atoms with E-state index < -0.39 is 0 Å². The molecule has 0 aromatic heterocycles. The van der Waals surface area contributed by atoms with Crippen LogP contribution in [0.4, 0.5) is 0 Å². The van der Waals surface area contributed by atoms with Gasteiger partial charge < -0.3 is 15.0 Å². The van der Waals surface area contributed by atoms with E-state index in [4.69, 9.17) is 4.74 Å².